The minimum absolute atomic E-state index is 0.000704. The minimum atomic E-state index is -0.717. The lowest BCUT2D eigenvalue weighted by Gasteiger charge is -2.35. The molecule has 204 valence electrons. The SMILES string of the molecule is CCC(=O)CCCCC[C@@H](NC(=O)C1CCC2(CC1)OC(=O)c1cccnc12)c1ncc(-c2ccccc2)[nH]1. The summed E-state index contributed by atoms with van der Waals surface area (Å²) in [7, 11) is 0. The third kappa shape index (κ3) is 5.95. The molecule has 2 aliphatic rings. The van der Waals surface area contributed by atoms with Crippen molar-refractivity contribution in [2.45, 2.75) is 82.8 Å². The molecule has 3 heterocycles. The molecule has 1 fully saturated rings. The van der Waals surface area contributed by atoms with Crippen LogP contribution in [-0.2, 0) is 19.9 Å². The predicted molar refractivity (Wildman–Crippen MR) is 147 cm³/mol. The lowest BCUT2D eigenvalue weighted by Crippen LogP contribution is -2.40. The number of nitrogens with one attached hydrogen (secondary N) is 2. The zero-order valence-corrected chi connectivity index (χ0v) is 22.4. The monoisotopic (exact) mass is 528 g/mol. The van der Waals surface area contributed by atoms with E-state index in [4.69, 9.17) is 4.74 Å². The number of imidazole rings is 1. The van der Waals surface area contributed by atoms with Gasteiger partial charge in [-0.2, -0.15) is 0 Å². The van der Waals surface area contributed by atoms with E-state index in [0.717, 1.165) is 42.8 Å². The van der Waals surface area contributed by atoms with Gasteiger partial charge in [0.15, 0.2) is 5.60 Å². The van der Waals surface area contributed by atoms with Gasteiger partial charge in [0.05, 0.1) is 29.2 Å². The van der Waals surface area contributed by atoms with E-state index in [1.807, 2.05) is 43.5 Å². The fourth-order valence-electron chi connectivity index (χ4n) is 5.77. The molecule has 39 heavy (non-hydrogen) atoms. The summed E-state index contributed by atoms with van der Waals surface area (Å²) in [5.41, 5.74) is 2.47. The number of nitrogens with zero attached hydrogens (tertiary/aromatic N) is 2. The van der Waals surface area contributed by atoms with Crippen LogP contribution in [0.2, 0.25) is 0 Å². The van der Waals surface area contributed by atoms with Crippen molar-refractivity contribution in [3.05, 3.63) is 71.9 Å². The molecule has 0 radical (unpaired) electrons. The molecular formula is C31H36N4O4. The molecule has 1 amide bonds. The highest BCUT2D eigenvalue weighted by Crippen LogP contribution is 2.47. The minimum Gasteiger partial charge on any atom is -0.449 e. The van der Waals surface area contributed by atoms with Gasteiger partial charge in [0.1, 0.15) is 11.6 Å². The van der Waals surface area contributed by atoms with Gasteiger partial charge in [-0.25, -0.2) is 9.78 Å². The van der Waals surface area contributed by atoms with Crippen LogP contribution in [0.3, 0.4) is 0 Å². The Morgan fingerprint density at radius 3 is 2.64 bits per heavy atom. The molecule has 5 rings (SSSR count). The number of carbonyl (C=O) groups excluding carboxylic acids is 3. The average molecular weight is 529 g/mol. The highest BCUT2D eigenvalue weighted by molar-refractivity contribution is 5.94. The summed E-state index contributed by atoms with van der Waals surface area (Å²) >= 11 is 0. The van der Waals surface area contributed by atoms with E-state index in [-0.39, 0.29) is 23.8 Å². The van der Waals surface area contributed by atoms with Crippen molar-refractivity contribution >= 4 is 17.7 Å². The maximum Gasteiger partial charge on any atom is 0.341 e. The van der Waals surface area contributed by atoms with Gasteiger partial charge >= 0.3 is 5.97 Å². The summed E-state index contributed by atoms with van der Waals surface area (Å²) in [6.07, 6.45) is 10.5. The summed E-state index contributed by atoms with van der Waals surface area (Å²) in [6, 6.07) is 13.2. The van der Waals surface area contributed by atoms with Crippen molar-refractivity contribution in [1.82, 2.24) is 20.3 Å². The van der Waals surface area contributed by atoms with E-state index in [0.29, 0.717) is 55.6 Å². The zero-order valence-electron chi connectivity index (χ0n) is 22.4. The number of ether oxygens (including phenoxy) is 1. The first-order chi connectivity index (χ1) is 19.0. The lowest BCUT2D eigenvalue weighted by atomic mass is 9.76. The Morgan fingerprint density at radius 2 is 1.87 bits per heavy atom. The third-order valence-electron chi connectivity index (χ3n) is 8.08. The van der Waals surface area contributed by atoms with E-state index >= 15 is 0 Å². The molecule has 0 unspecified atom stereocenters. The largest absolute Gasteiger partial charge is 0.449 e. The molecule has 1 spiro atoms. The van der Waals surface area contributed by atoms with Gasteiger partial charge in [0.2, 0.25) is 5.91 Å². The Morgan fingerprint density at radius 1 is 1.08 bits per heavy atom. The molecule has 1 aromatic carbocycles. The fourth-order valence-corrected chi connectivity index (χ4v) is 5.77. The van der Waals surface area contributed by atoms with Gasteiger partial charge < -0.3 is 15.0 Å². The Hall–Kier alpha value is -3.81. The van der Waals surface area contributed by atoms with Crippen LogP contribution < -0.4 is 5.32 Å². The van der Waals surface area contributed by atoms with Crippen LogP contribution >= 0.6 is 0 Å². The topological polar surface area (TPSA) is 114 Å². The van der Waals surface area contributed by atoms with Crippen LogP contribution in [-0.4, -0.2) is 32.6 Å². The maximum atomic E-state index is 13.5. The number of pyridine rings is 1. The number of carbonyl (C=O) groups is 3. The van der Waals surface area contributed by atoms with Crippen LogP contribution in [0, 0.1) is 5.92 Å². The second-order valence-corrected chi connectivity index (χ2v) is 10.7. The van der Waals surface area contributed by atoms with Gasteiger partial charge in [-0.1, -0.05) is 50.1 Å². The number of hydrogen-bond acceptors (Lipinski definition) is 6. The summed E-state index contributed by atoms with van der Waals surface area (Å²) < 4.78 is 5.81. The number of unbranched alkanes of at least 4 members (excludes halogenated alkanes) is 2. The summed E-state index contributed by atoms with van der Waals surface area (Å²) in [5, 5.41) is 3.26. The van der Waals surface area contributed by atoms with Gasteiger partial charge in [-0.05, 0) is 56.2 Å². The molecule has 0 saturated heterocycles. The van der Waals surface area contributed by atoms with E-state index in [1.165, 1.54) is 0 Å². The van der Waals surface area contributed by atoms with E-state index in [9.17, 15) is 14.4 Å². The number of fused-ring (bicyclic) bond motifs is 2. The molecule has 1 aliphatic carbocycles. The Balaban J connectivity index is 1.24. The number of esters is 1. The predicted octanol–water partition coefficient (Wildman–Crippen LogP) is 5.81. The van der Waals surface area contributed by atoms with Crippen LogP contribution in [0.1, 0.15) is 99.1 Å². The smallest absolute Gasteiger partial charge is 0.341 e. The van der Waals surface area contributed by atoms with Crippen LogP contribution in [0.15, 0.2) is 54.9 Å². The number of benzene rings is 1. The van der Waals surface area contributed by atoms with Crippen molar-refractivity contribution in [2.75, 3.05) is 0 Å². The molecule has 0 bridgehead atoms. The van der Waals surface area contributed by atoms with E-state index < -0.39 is 5.60 Å². The highest BCUT2D eigenvalue weighted by atomic mass is 16.6. The van der Waals surface area contributed by atoms with Crippen molar-refractivity contribution < 1.29 is 19.1 Å². The van der Waals surface area contributed by atoms with Crippen LogP contribution in [0.4, 0.5) is 0 Å². The standard InChI is InChI=1S/C31H36N4O4/c1-2-23(36)12-7-4-8-14-25(28-33-20-26(34-28)21-10-5-3-6-11-21)35-29(37)22-15-17-31(18-16-22)27-24(30(38)39-31)13-9-19-32-27/h3,5-6,9-11,13,19-20,22,25H,2,4,7-8,12,14-18H2,1H3,(H,33,34)(H,35,37)/t22?,25-,31?/m1/s1. The Bertz CT molecular complexity index is 1310. The molecule has 1 aliphatic heterocycles. The highest BCUT2D eigenvalue weighted by Gasteiger charge is 2.49. The summed E-state index contributed by atoms with van der Waals surface area (Å²) in [6.45, 7) is 1.90. The maximum absolute atomic E-state index is 13.5. The number of rotatable bonds is 11. The summed E-state index contributed by atoms with van der Waals surface area (Å²) in [4.78, 5) is 50.0. The average Bonchev–Trinajstić information content (AvgIpc) is 3.56. The number of H-pyrrole nitrogens is 1. The molecule has 8 heteroatoms. The van der Waals surface area contributed by atoms with Crippen molar-refractivity contribution in [2.24, 2.45) is 5.92 Å². The number of aromatic amines is 1. The first-order valence-corrected chi connectivity index (χ1v) is 14.1. The van der Waals surface area contributed by atoms with Gasteiger partial charge in [-0.15, -0.1) is 0 Å². The lowest BCUT2D eigenvalue weighted by molar-refractivity contribution is -0.129. The first kappa shape index (κ1) is 26.8. The first-order valence-electron chi connectivity index (χ1n) is 14.1. The van der Waals surface area contributed by atoms with Crippen molar-refractivity contribution in [3.63, 3.8) is 0 Å². The van der Waals surface area contributed by atoms with Gasteiger partial charge in [0.25, 0.3) is 0 Å². The molecule has 2 N–H and O–H groups in total. The Labute approximate surface area is 229 Å². The Kier molecular flexibility index (Phi) is 8.19. The van der Waals surface area contributed by atoms with Gasteiger partial charge in [0, 0.05) is 25.0 Å². The van der Waals surface area contributed by atoms with E-state index in [1.54, 1.807) is 18.3 Å². The van der Waals surface area contributed by atoms with Gasteiger partial charge in [-0.3, -0.25) is 14.6 Å². The summed E-state index contributed by atoms with van der Waals surface area (Å²) in [5.74, 6) is 0.532. The number of hydrogen-bond donors (Lipinski definition) is 2. The number of ketones is 1. The third-order valence-corrected chi connectivity index (χ3v) is 8.08. The number of aromatic nitrogens is 3. The molecule has 8 nitrogen and oxygen atoms in total. The van der Waals surface area contributed by atoms with Crippen molar-refractivity contribution in [3.8, 4) is 11.3 Å². The van der Waals surface area contributed by atoms with Crippen LogP contribution in [0.25, 0.3) is 11.3 Å². The second kappa shape index (κ2) is 11.9. The molecular weight excluding hydrogens is 492 g/mol. The van der Waals surface area contributed by atoms with Crippen LogP contribution in [0.5, 0.6) is 0 Å². The second-order valence-electron chi connectivity index (χ2n) is 10.7. The molecule has 2 aromatic heterocycles. The number of Topliss-reactive ketones (excluding diaryl/α,β-unsaturated/α-hetero) is 1. The zero-order chi connectivity index (χ0) is 27.2. The molecule has 3 aromatic rings. The fraction of sp³-hybridized carbons (Fsp3) is 0.452. The molecule has 1 atom stereocenters. The number of amides is 1. The quantitative estimate of drug-likeness (QED) is 0.240. The molecule has 1 saturated carbocycles. The van der Waals surface area contributed by atoms with E-state index in [2.05, 4.69) is 20.3 Å². The normalized spacial score (nSPS) is 20.8. The van der Waals surface area contributed by atoms with Crippen molar-refractivity contribution in [1.29, 1.82) is 0 Å².